The molecule has 1 fully saturated rings. The van der Waals surface area contributed by atoms with Crippen molar-refractivity contribution in [2.45, 2.75) is 19.3 Å². The van der Waals surface area contributed by atoms with Crippen LogP contribution in [-0.4, -0.2) is 18.2 Å². The Balaban J connectivity index is 2.00. The molecule has 1 aliphatic heterocycles. The maximum Gasteiger partial charge on any atom is 0.165 e. The van der Waals surface area contributed by atoms with Crippen molar-refractivity contribution >= 4 is 0 Å². The summed E-state index contributed by atoms with van der Waals surface area (Å²) in [4.78, 5) is 0. The maximum absolute atomic E-state index is 13.1. The predicted octanol–water partition coefficient (Wildman–Crippen LogP) is 2.07. The molecule has 2 N–H and O–H groups in total. The predicted molar refractivity (Wildman–Crippen MR) is 57.4 cm³/mol. The molecule has 2 rings (SSSR count). The average molecular weight is 209 g/mol. The number of nitrogens with one attached hydrogen (secondary N) is 1. The van der Waals surface area contributed by atoms with Crippen LogP contribution < -0.4 is 5.32 Å². The van der Waals surface area contributed by atoms with E-state index in [9.17, 15) is 4.39 Å². The summed E-state index contributed by atoms with van der Waals surface area (Å²) in [6, 6.07) is 4.66. The third-order valence-corrected chi connectivity index (χ3v) is 2.94. The Hall–Kier alpha value is -1.09. The van der Waals surface area contributed by atoms with Gasteiger partial charge in [-0.3, -0.25) is 0 Å². The Morgan fingerprint density at radius 2 is 2.33 bits per heavy atom. The van der Waals surface area contributed by atoms with Gasteiger partial charge in [0.05, 0.1) is 0 Å². The molecule has 1 atom stereocenters. The van der Waals surface area contributed by atoms with Crippen molar-refractivity contribution in [2.24, 2.45) is 5.92 Å². The van der Waals surface area contributed by atoms with Gasteiger partial charge in [0.1, 0.15) is 0 Å². The standard InChI is InChI=1S/C12H16FNO/c13-11-7-9(3-4-12(11)15)6-10-2-1-5-14-8-10/h3-4,7,10,14-15H,1-2,5-6,8H2. The fraction of sp³-hybridized carbons (Fsp3) is 0.500. The largest absolute Gasteiger partial charge is 0.505 e. The molecule has 1 aromatic rings. The van der Waals surface area contributed by atoms with Crippen molar-refractivity contribution < 1.29 is 9.50 Å². The SMILES string of the molecule is Oc1ccc(CC2CCCNC2)cc1F. The Morgan fingerprint density at radius 1 is 1.47 bits per heavy atom. The van der Waals surface area contributed by atoms with Crippen LogP contribution in [0.25, 0.3) is 0 Å². The molecule has 0 aliphatic carbocycles. The molecule has 1 heterocycles. The number of rotatable bonds is 2. The molecule has 0 bridgehead atoms. The summed E-state index contributed by atoms with van der Waals surface area (Å²) >= 11 is 0. The van der Waals surface area contributed by atoms with E-state index in [-0.39, 0.29) is 5.75 Å². The van der Waals surface area contributed by atoms with Gasteiger partial charge in [0.15, 0.2) is 11.6 Å². The summed E-state index contributed by atoms with van der Waals surface area (Å²) in [5.41, 5.74) is 0.971. The summed E-state index contributed by atoms with van der Waals surface area (Å²) in [5.74, 6) is -0.181. The number of hydrogen-bond donors (Lipinski definition) is 2. The second-order valence-corrected chi connectivity index (χ2v) is 4.20. The van der Waals surface area contributed by atoms with Crippen LogP contribution in [0.1, 0.15) is 18.4 Å². The molecule has 0 aromatic heterocycles. The molecule has 3 heteroatoms. The second-order valence-electron chi connectivity index (χ2n) is 4.20. The van der Waals surface area contributed by atoms with E-state index in [0.29, 0.717) is 5.92 Å². The molecule has 15 heavy (non-hydrogen) atoms. The summed E-state index contributed by atoms with van der Waals surface area (Å²) in [6.07, 6.45) is 3.30. The number of piperidine rings is 1. The third kappa shape index (κ3) is 2.69. The van der Waals surface area contributed by atoms with Crippen molar-refractivity contribution in [2.75, 3.05) is 13.1 Å². The van der Waals surface area contributed by atoms with E-state index in [2.05, 4.69) is 5.32 Å². The van der Waals surface area contributed by atoms with Gasteiger partial charge in [-0.15, -0.1) is 0 Å². The van der Waals surface area contributed by atoms with E-state index in [0.717, 1.165) is 25.1 Å². The number of aromatic hydroxyl groups is 1. The van der Waals surface area contributed by atoms with Gasteiger partial charge < -0.3 is 10.4 Å². The fourth-order valence-electron chi connectivity index (χ4n) is 2.11. The molecule has 82 valence electrons. The van der Waals surface area contributed by atoms with E-state index in [1.807, 2.05) is 0 Å². The van der Waals surface area contributed by atoms with Crippen molar-refractivity contribution in [1.82, 2.24) is 5.32 Å². The summed E-state index contributed by atoms with van der Waals surface area (Å²) in [5, 5.41) is 12.4. The second kappa shape index (κ2) is 4.62. The lowest BCUT2D eigenvalue weighted by molar-refractivity contribution is 0.375. The average Bonchev–Trinajstić information content (AvgIpc) is 2.25. The van der Waals surface area contributed by atoms with Crippen LogP contribution in [0, 0.1) is 11.7 Å². The minimum Gasteiger partial charge on any atom is -0.505 e. The lowest BCUT2D eigenvalue weighted by atomic mass is 9.92. The highest BCUT2D eigenvalue weighted by molar-refractivity contribution is 5.28. The first-order valence-corrected chi connectivity index (χ1v) is 5.44. The zero-order valence-electron chi connectivity index (χ0n) is 8.67. The molecule has 1 unspecified atom stereocenters. The molecular formula is C12H16FNO. The first kappa shape index (κ1) is 10.4. The van der Waals surface area contributed by atoms with Gasteiger partial charge in [0.2, 0.25) is 0 Å². The van der Waals surface area contributed by atoms with Crippen LogP contribution in [0.2, 0.25) is 0 Å². The molecular weight excluding hydrogens is 193 g/mol. The van der Waals surface area contributed by atoms with Crippen LogP contribution in [0.5, 0.6) is 5.75 Å². The molecule has 0 saturated carbocycles. The molecule has 0 spiro atoms. The molecule has 0 radical (unpaired) electrons. The molecule has 1 aliphatic rings. The van der Waals surface area contributed by atoms with Crippen LogP contribution >= 0.6 is 0 Å². The lowest BCUT2D eigenvalue weighted by Crippen LogP contribution is -2.30. The fourth-order valence-corrected chi connectivity index (χ4v) is 2.11. The zero-order chi connectivity index (χ0) is 10.7. The topological polar surface area (TPSA) is 32.3 Å². The van der Waals surface area contributed by atoms with E-state index in [1.54, 1.807) is 6.07 Å². The highest BCUT2D eigenvalue weighted by Gasteiger charge is 2.14. The van der Waals surface area contributed by atoms with E-state index in [1.165, 1.54) is 25.0 Å². The van der Waals surface area contributed by atoms with Gasteiger partial charge in [-0.05, 0) is 56.0 Å². The first-order chi connectivity index (χ1) is 7.25. The zero-order valence-corrected chi connectivity index (χ0v) is 8.67. The van der Waals surface area contributed by atoms with Gasteiger partial charge in [0.25, 0.3) is 0 Å². The Morgan fingerprint density at radius 3 is 3.00 bits per heavy atom. The smallest absolute Gasteiger partial charge is 0.165 e. The number of phenols is 1. The summed E-state index contributed by atoms with van der Waals surface area (Å²) in [7, 11) is 0. The minimum atomic E-state index is -0.517. The van der Waals surface area contributed by atoms with Gasteiger partial charge in [-0.1, -0.05) is 6.07 Å². The van der Waals surface area contributed by atoms with Crippen molar-refractivity contribution in [1.29, 1.82) is 0 Å². The highest BCUT2D eigenvalue weighted by atomic mass is 19.1. The minimum absolute atomic E-state index is 0.263. The highest BCUT2D eigenvalue weighted by Crippen LogP contribution is 2.20. The number of phenolic OH excluding ortho intramolecular Hbond substituents is 1. The van der Waals surface area contributed by atoms with Crippen molar-refractivity contribution in [3.63, 3.8) is 0 Å². The summed E-state index contributed by atoms with van der Waals surface area (Å²) in [6.45, 7) is 2.11. The molecule has 1 saturated heterocycles. The Bertz CT molecular complexity index is 334. The lowest BCUT2D eigenvalue weighted by Gasteiger charge is -2.22. The van der Waals surface area contributed by atoms with Gasteiger partial charge in [-0.25, -0.2) is 4.39 Å². The van der Waals surface area contributed by atoms with Crippen LogP contribution in [0.3, 0.4) is 0 Å². The van der Waals surface area contributed by atoms with E-state index in [4.69, 9.17) is 5.11 Å². The number of halogens is 1. The summed E-state index contributed by atoms with van der Waals surface area (Å²) < 4.78 is 13.1. The van der Waals surface area contributed by atoms with Crippen molar-refractivity contribution in [3.05, 3.63) is 29.6 Å². The normalized spacial score (nSPS) is 21.5. The van der Waals surface area contributed by atoms with Gasteiger partial charge >= 0.3 is 0 Å². The Kier molecular flexibility index (Phi) is 3.21. The van der Waals surface area contributed by atoms with Gasteiger partial charge in [0, 0.05) is 0 Å². The van der Waals surface area contributed by atoms with E-state index < -0.39 is 5.82 Å². The molecule has 2 nitrogen and oxygen atoms in total. The van der Waals surface area contributed by atoms with Crippen LogP contribution in [0.4, 0.5) is 4.39 Å². The van der Waals surface area contributed by atoms with E-state index >= 15 is 0 Å². The molecule has 1 aromatic carbocycles. The first-order valence-electron chi connectivity index (χ1n) is 5.44. The van der Waals surface area contributed by atoms with Crippen LogP contribution in [0.15, 0.2) is 18.2 Å². The maximum atomic E-state index is 13.1. The quantitative estimate of drug-likeness (QED) is 0.781. The molecule has 0 amide bonds. The van der Waals surface area contributed by atoms with Gasteiger partial charge in [-0.2, -0.15) is 0 Å². The van der Waals surface area contributed by atoms with Crippen LogP contribution in [-0.2, 0) is 6.42 Å². The number of hydrogen-bond acceptors (Lipinski definition) is 2. The third-order valence-electron chi connectivity index (χ3n) is 2.94. The monoisotopic (exact) mass is 209 g/mol. The Labute approximate surface area is 89.1 Å². The van der Waals surface area contributed by atoms with Crippen molar-refractivity contribution in [3.8, 4) is 5.75 Å². The number of benzene rings is 1.